The van der Waals surface area contributed by atoms with Crippen LogP contribution in [-0.2, 0) is 13.0 Å². The second-order valence-electron chi connectivity index (χ2n) is 6.05. The Balaban J connectivity index is 4.17. The summed E-state index contributed by atoms with van der Waals surface area (Å²) in [4.78, 5) is 0. The predicted molar refractivity (Wildman–Crippen MR) is 91.6 cm³/mol. The Labute approximate surface area is 128 Å². The molecule has 0 aromatic heterocycles. The number of hydrogen-bond donors (Lipinski definition) is 0. The minimum atomic E-state index is -2.05. The van der Waals surface area contributed by atoms with E-state index in [1.807, 2.05) is 0 Å². The molecule has 3 nitrogen and oxygen atoms in total. The molecule has 5 heteroatoms. The molecule has 0 aromatic carbocycles. The molecule has 0 aliphatic heterocycles. The lowest BCUT2D eigenvalue weighted by atomic mass is 10.1. The van der Waals surface area contributed by atoms with Crippen LogP contribution in [0.2, 0.25) is 25.2 Å². The predicted octanol–water partition coefficient (Wildman–Crippen LogP) is 5.21. The average Bonchev–Trinajstić information content (AvgIpc) is 2.43. The summed E-state index contributed by atoms with van der Waals surface area (Å²) < 4.78 is 17.9. The Morgan fingerprint density at radius 1 is 0.650 bits per heavy atom. The molecule has 0 radical (unpaired) electrons. The standard InChI is InChI=1S/C15H36O3Si2/c1-7-9-10-11-12-13-15-20(6,17-4)18-19(5,16-3)14-8-2/h7-15H2,1-6H3. The molecule has 0 aliphatic carbocycles. The SMILES string of the molecule is CCCCCCCC[Si](C)(OC)O[Si](C)(CCC)OC. The molecule has 2 unspecified atom stereocenters. The van der Waals surface area contributed by atoms with Crippen LogP contribution in [0.4, 0.5) is 0 Å². The van der Waals surface area contributed by atoms with Crippen molar-refractivity contribution >= 4 is 17.1 Å². The maximum absolute atomic E-state index is 6.43. The molecule has 0 rings (SSSR count). The van der Waals surface area contributed by atoms with Crippen LogP contribution in [0.25, 0.3) is 0 Å². The first-order valence-corrected chi connectivity index (χ1v) is 13.3. The summed E-state index contributed by atoms with van der Waals surface area (Å²) in [6.07, 6.45) is 9.01. The van der Waals surface area contributed by atoms with E-state index in [4.69, 9.17) is 13.0 Å². The molecule has 0 aromatic rings. The van der Waals surface area contributed by atoms with Crippen molar-refractivity contribution < 1.29 is 13.0 Å². The van der Waals surface area contributed by atoms with Crippen LogP contribution in [0.1, 0.15) is 58.8 Å². The normalized spacial score (nSPS) is 17.7. The highest BCUT2D eigenvalue weighted by atomic mass is 28.5. The molecular formula is C15H36O3Si2. The van der Waals surface area contributed by atoms with E-state index < -0.39 is 17.1 Å². The van der Waals surface area contributed by atoms with Crippen molar-refractivity contribution in [1.82, 2.24) is 0 Å². The first-order valence-electron chi connectivity index (χ1n) is 8.25. The van der Waals surface area contributed by atoms with Crippen molar-refractivity contribution in [2.45, 2.75) is 84.0 Å². The lowest BCUT2D eigenvalue weighted by molar-refractivity contribution is 0.239. The van der Waals surface area contributed by atoms with Gasteiger partial charge in [0.1, 0.15) is 0 Å². The molecule has 2 atom stereocenters. The van der Waals surface area contributed by atoms with Crippen LogP contribution in [-0.4, -0.2) is 31.3 Å². The summed E-state index contributed by atoms with van der Waals surface area (Å²) in [5.74, 6) is 0. The first kappa shape index (κ1) is 20.3. The van der Waals surface area contributed by atoms with Crippen LogP contribution < -0.4 is 0 Å². The van der Waals surface area contributed by atoms with Gasteiger partial charge in [-0.2, -0.15) is 0 Å². The number of hydrogen-bond acceptors (Lipinski definition) is 3. The molecule has 0 fully saturated rings. The summed E-state index contributed by atoms with van der Waals surface area (Å²) >= 11 is 0. The Hall–Kier alpha value is 0.314. The van der Waals surface area contributed by atoms with Crippen molar-refractivity contribution in [2.24, 2.45) is 0 Å². The highest BCUT2D eigenvalue weighted by molar-refractivity contribution is 6.80. The van der Waals surface area contributed by atoms with Crippen molar-refractivity contribution in [2.75, 3.05) is 14.2 Å². The smallest absolute Gasteiger partial charge is 0.325 e. The molecule has 0 amide bonds. The summed E-state index contributed by atoms with van der Waals surface area (Å²) in [5.41, 5.74) is 0. The van der Waals surface area contributed by atoms with E-state index >= 15 is 0 Å². The van der Waals surface area contributed by atoms with Gasteiger partial charge in [0.25, 0.3) is 0 Å². The Morgan fingerprint density at radius 3 is 1.65 bits per heavy atom. The van der Waals surface area contributed by atoms with Gasteiger partial charge >= 0.3 is 17.1 Å². The summed E-state index contributed by atoms with van der Waals surface area (Å²) in [5, 5.41) is 0. The molecule has 0 saturated carbocycles. The fraction of sp³-hybridized carbons (Fsp3) is 1.00. The minimum Gasteiger partial charge on any atom is -0.415 e. The molecule has 122 valence electrons. The lowest BCUT2D eigenvalue weighted by Gasteiger charge is -2.35. The largest absolute Gasteiger partial charge is 0.415 e. The van der Waals surface area contributed by atoms with Crippen molar-refractivity contribution in [3.8, 4) is 0 Å². The Bertz CT molecular complexity index is 241. The van der Waals surface area contributed by atoms with Gasteiger partial charge in [-0.15, -0.1) is 0 Å². The topological polar surface area (TPSA) is 27.7 Å². The fourth-order valence-electron chi connectivity index (χ4n) is 2.53. The Kier molecular flexibility index (Phi) is 11.1. The van der Waals surface area contributed by atoms with Crippen LogP contribution >= 0.6 is 0 Å². The van der Waals surface area contributed by atoms with Gasteiger partial charge < -0.3 is 13.0 Å². The van der Waals surface area contributed by atoms with Crippen LogP contribution in [0, 0.1) is 0 Å². The Morgan fingerprint density at radius 2 is 1.15 bits per heavy atom. The lowest BCUT2D eigenvalue weighted by Crippen LogP contribution is -2.51. The second-order valence-corrected chi connectivity index (χ2v) is 13.2. The molecule has 0 N–H and O–H groups in total. The van der Waals surface area contributed by atoms with Gasteiger partial charge in [-0.25, -0.2) is 0 Å². The third kappa shape index (κ3) is 8.57. The van der Waals surface area contributed by atoms with E-state index in [1.165, 1.54) is 38.5 Å². The molecule has 0 spiro atoms. The van der Waals surface area contributed by atoms with Gasteiger partial charge in [0.15, 0.2) is 0 Å². The van der Waals surface area contributed by atoms with Gasteiger partial charge in [0, 0.05) is 14.2 Å². The van der Waals surface area contributed by atoms with Gasteiger partial charge in [0.05, 0.1) is 0 Å². The molecule has 0 bridgehead atoms. The van der Waals surface area contributed by atoms with Gasteiger partial charge in [-0.1, -0.05) is 58.8 Å². The van der Waals surface area contributed by atoms with Crippen molar-refractivity contribution in [3.05, 3.63) is 0 Å². The van der Waals surface area contributed by atoms with Crippen LogP contribution in [0.3, 0.4) is 0 Å². The minimum absolute atomic E-state index is 1.05. The van der Waals surface area contributed by atoms with Gasteiger partial charge in [-0.05, 0) is 25.2 Å². The first-order chi connectivity index (χ1) is 9.45. The molecule has 0 saturated heterocycles. The van der Waals surface area contributed by atoms with E-state index in [2.05, 4.69) is 26.9 Å². The average molecular weight is 321 g/mol. The summed E-state index contributed by atoms with van der Waals surface area (Å²) in [6, 6.07) is 2.14. The maximum atomic E-state index is 6.43. The third-order valence-corrected chi connectivity index (χ3v) is 11.8. The zero-order valence-corrected chi connectivity index (χ0v) is 16.6. The van der Waals surface area contributed by atoms with E-state index in [9.17, 15) is 0 Å². The van der Waals surface area contributed by atoms with Gasteiger partial charge in [-0.3, -0.25) is 0 Å². The van der Waals surface area contributed by atoms with Crippen LogP contribution in [0.5, 0.6) is 0 Å². The number of unbranched alkanes of at least 4 members (excludes halogenated alkanes) is 5. The molecule has 20 heavy (non-hydrogen) atoms. The highest BCUT2D eigenvalue weighted by Gasteiger charge is 2.40. The zero-order chi connectivity index (χ0) is 15.5. The van der Waals surface area contributed by atoms with Crippen molar-refractivity contribution in [3.63, 3.8) is 0 Å². The number of rotatable bonds is 13. The zero-order valence-electron chi connectivity index (χ0n) is 14.6. The monoisotopic (exact) mass is 320 g/mol. The molecular weight excluding hydrogens is 284 g/mol. The summed E-state index contributed by atoms with van der Waals surface area (Å²) in [7, 11) is -0.479. The molecule has 0 aliphatic rings. The van der Waals surface area contributed by atoms with E-state index in [-0.39, 0.29) is 0 Å². The van der Waals surface area contributed by atoms with E-state index in [0.717, 1.165) is 18.5 Å². The fourth-order valence-corrected chi connectivity index (χ4v) is 9.87. The maximum Gasteiger partial charge on any atom is 0.325 e. The summed E-state index contributed by atoms with van der Waals surface area (Å²) in [6.45, 7) is 8.81. The van der Waals surface area contributed by atoms with Crippen LogP contribution in [0.15, 0.2) is 0 Å². The van der Waals surface area contributed by atoms with Gasteiger partial charge in [0.2, 0.25) is 0 Å². The molecule has 0 heterocycles. The second kappa shape index (κ2) is 11.0. The quantitative estimate of drug-likeness (QED) is 0.344. The van der Waals surface area contributed by atoms with E-state index in [1.54, 1.807) is 14.2 Å². The van der Waals surface area contributed by atoms with Crippen molar-refractivity contribution in [1.29, 1.82) is 0 Å². The highest BCUT2D eigenvalue weighted by Crippen LogP contribution is 2.25. The van der Waals surface area contributed by atoms with E-state index in [0.29, 0.717) is 0 Å². The third-order valence-electron chi connectivity index (χ3n) is 3.98.